The van der Waals surface area contributed by atoms with Crippen LogP contribution in [0.15, 0.2) is 23.3 Å². The summed E-state index contributed by atoms with van der Waals surface area (Å²) in [5, 5.41) is 10.6. The van der Waals surface area contributed by atoms with Crippen LogP contribution in [0, 0.1) is 11.8 Å². The highest BCUT2D eigenvalue weighted by Crippen LogP contribution is 2.42. The molecule has 0 saturated carbocycles. The van der Waals surface area contributed by atoms with Crippen LogP contribution in [0.5, 0.6) is 0 Å². The van der Waals surface area contributed by atoms with Crippen molar-refractivity contribution in [2.24, 2.45) is 11.8 Å². The molecule has 1 aliphatic heterocycles. The van der Waals surface area contributed by atoms with E-state index in [0.717, 1.165) is 24.0 Å². The van der Waals surface area contributed by atoms with Crippen LogP contribution in [-0.2, 0) is 19.1 Å². The fourth-order valence-corrected chi connectivity index (χ4v) is 3.50. The molecule has 2 rings (SSSR count). The quantitative estimate of drug-likeness (QED) is 0.373. The van der Waals surface area contributed by atoms with Crippen LogP contribution >= 0.6 is 0 Å². The van der Waals surface area contributed by atoms with Gasteiger partial charge in [-0.15, -0.1) is 0 Å². The molecule has 0 unspecified atom stereocenters. The zero-order valence-corrected chi connectivity index (χ0v) is 13.4. The average Bonchev–Trinajstić information content (AvgIpc) is 2.67. The van der Waals surface area contributed by atoms with E-state index in [1.54, 1.807) is 0 Å². The number of rotatable bonds is 4. The van der Waals surface area contributed by atoms with E-state index >= 15 is 0 Å². The van der Waals surface area contributed by atoms with Crippen molar-refractivity contribution in [1.82, 2.24) is 0 Å². The Morgan fingerprint density at radius 3 is 2.82 bits per heavy atom. The second kappa shape index (κ2) is 6.65. The van der Waals surface area contributed by atoms with Crippen LogP contribution in [0.1, 0.15) is 40.0 Å². The van der Waals surface area contributed by atoms with Crippen molar-refractivity contribution in [3.05, 3.63) is 23.3 Å². The maximum absolute atomic E-state index is 11.7. The van der Waals surface area contributed by atoms with Crippen molar-refractivity contribution in [2.75, 3.05) is 6.61 Å². The summed E-state index contributed by atoms with van der Waals surface area (Å²) in [4.78, 5) is 22.5. The second-order valence-corrected chi connectivity index (χ2v) is 6.23. The molecule has 1 N–H and O–H groups in total. The summed E-state index contributed by atoms with van der Waals surface area (Å²) in [6.45, 7) is 9.53. The molecule has 0 aromatic rings. The Bertz CT molecular complexity index is 519. The molecule has 0 amide bonds. The molecule has 0 bridgehead atoms. The predicted molar refractivity (Wildman–Crippen MR) is 80.9 cm³/mol. The largest absolute Gasteiger partial charge is 0.466 e. The predicted octanol–water partition coefficient (Wildman–Crippen LogP) is 2.14. The summed E-state index contributed by atoms with van der Waals surface area (Å²) in [5.41, 5.74) is 2.68. The monoisotopic (exact) mass is 308 g/mol. The van der Waals surface area contributed by atoms with Gasteiger partial charge in [0.25, 0.3) is 0 Å². The Morgan fingerprint density at radius 1 is 1.50 bits per heavy atom. The molecule has 0 aromatic carbocycles. The standard InChI is InChI=1S/C17H24O5/c1-9-8-14-15(11(3)17(20)22-14)16(19)10(2)13(9)6-5-7-21-12(4)18/h10,14-16,19H,3,5-8H2,1-2,4H3/t10-,14+,15+,16+/m0/s1. The van der Waals surface area contributed by atoms with Crippen LogP contribution < -0.4 is 0 Å². The molecule has 0 spiro atoms. The van der Waals surface area contributed by atoms with E-state index in [9.17, 15) is 14.7 Å². The van der Waals surface area contributed by atoms with Gasteiger partial charge < -0.3 is 14.6 Å². The van der Waals surface area contributed by atoms with E-state index in [4.69, 9.17) is 9.47 Å². The van der Waals surface area contributed by atoms with Crippen molar-refractivity contribution < 1.29 is 24.2 Å². The molecular weight excluding hydrogens is 284 g/mol. The first-order valence-corrected chi connectivity index (χ1v) is 7.72. The van der Waals surface area contributed by atoms with Crippen LogP contribution in [0.25, 0.3) is 0 Å². The number of esters is 2. The normalized spacial score (nSPS) is 31.6. The number of fused-ring (bicyclic) bond motifs is 1. The lowest BCUT2D eigenvalue weighted by Gasteiger charge is -2.26. The maximum atomic E-state index is 11.7. The average molecular weight is 308 g/mol. The lowest BCUT2D eigenvalue weighted by molar-refractivity contribution is -0.141. The van der Waals surface area contributed by atoms with Gasteiger partial charge in [0.1, 0.15) is 6.10 Å². The molecule has 5 nitrogen and oxygen atoms in total. The van der Waals surface area contributed by atoms with Crippen molar-refractivity contribution in [3.8, 4) is 0 Å². The highest BCUT2D eigenvalue weighted by atomic mass is 16.6. The summed E-state index contributed by atoms with van der Waals surface area (Å²) in [6, 6.07) is 0. The van der Waals surface area contributed by atoms with Gasteiger partial charge in [-0.2, -0.15) is 0 Å². The van der Waals surface area contributed by atoms with E-state index in [1.807, 2.05) is 13.8 Å². The lowest BCUT2D eigenvalue weighted by atomic mass is 9.82. The number of hydrogen-bond acceptors (Lipinski definition) is 5. The number of hydrogen-bond donors (Lipinski definition) is 1. The van der Waals surface area contributed by atoms with Crippen molar-refractivity contribution in [1.29, 1.82) is 0 Å². The molecule has 0 radical (unpaired) electrons. The van der Waals surface area contributed by atoms with E-state index in [2.05, 4.69) is 6.58 Å². The third kappa shape index (κ3) is 3.24. The Balaban J connectivity index is 2.10. The van der Waals surface area contributed by atoms with Gasteiger partial charge in [-0.3, -0.25) is 4.79 Å². The molecule has 1 aliphatic carbocycles. The third-order valence-corrected chi connectivity index (χ3v) is 4.70. The minimum atomic E-state index is -0.676. The Labute approximate surface area is 131 Å². The SMILES string of the molecule is C=C1C(=O)O[C@@H]2CC(C)=C(CCCOC(C)=O)[C@H](C)[C@@H](O)[C@H]12. The number of carbonyl (C=O) groups excluding carboxylic acids is 2. The molecule has 0 aromatic heterocycles. The molecular formula is C17H24O5. The molecule has 1 heterocycles. The number of carbonyl (C=O) groups is 2. The first-order valence-electron chi connectivity index (χ1n) is 7.72. The van der Waals surface area contributed by atoms with E-state index in [0.29, 0.717) is 18.6 Å². The second-order valence-electron chi connectivity index (χ2n) is 6.23. The van der Waals surface area contributed by atoms with Gasteiger partial charge in [0.05, 0.1) is 18.6 Å². The first-order chi connectivity index (χ1) is 10.3. The molecule has 2 aliphatic rings. The molecule has 5 heteroatoms. The smallest absolute Gasteiger partial charge is 0.334 e. The lowest BCUT2D eigenvalue weighted by Crippen LogP contribution is -2.32. The van der Waals surface area contributed by atoms with Crippen LogP contribution in [0.4, 0.5) is 0 Å². The maximum Gasteiger partial charge on any atom is 0.334 e. The molecule has 1 saturated heterocycles. The number of aliphatic hydroxyl groups excluding tert-OH is 1. The van der Waals surface area contributed by atoms with Crippen LogP contribution in [-0.4, -0.2) is 35.9 Å². The highest BCUT2D eigenvalue weighted by molar-refractivity contribution is 5.91. The van der Waals surface area contributed by atoms with Crippen molar-refractivity contribution in [2.45, 2.75) is 52.2 Å². The van der Waals surface area contributed by atoms with Crippen molar-refractivity contribution >= 4 is 11.9 Å². The van der Waals surface area contributed by atoms with Gasteiger partial charge >= 0.3 is 11.9 Å². The zero-order chi connectivity index (χ0) is 16.4. The fourth-order valence-electron chi connectivity index (χ4n) is 3.50. The molecule has 22 heavy (non-hydrogen) atoms. The third-order valence-electron chi connectivity index (χ3n) is 4.70. The molecule has 4 atom stereocenters. The van der Waals surface area contributed by atoms with Gasteiger partial charge in [0, 0.05) is 24.8 Å². The summed E-state index contributed by atoms with van der Waals surface area (Å²) < 4.78 is 10.3. The van der Waals surface area contributed by atoms with Gasteiger partial charge in [-0.05, 0) is 19.8 Å². The summed E-state index contributed by atoms with van der Waals surface area (Å²) in [6.07, 6.45) is 1.12. The topological polar surface area (TPSA) is 72.8 Å². The summed E-state index contributed by atoms with van der Waals surface area (Å²) in [7, 11) is 0. The minimum Gasteiger partial charge on any atom is -0.466 e. The number of ether oxygens (including phenoxy) is 2. The molecule has 122 valence electrons. The van der Waals surface area contributed by atoms with E-state index in [-0.39, 0.29) is 23.9 Å². The Morgan fingerprint density at radius 2 is 2.18 bits per heavy atom. The van der Waals surface area contributed by atoms with Crippen molar-refractivity contribution in [3.63, 3.8) is 0 Å². The van der Waals surface area contributed by atoms with Gasteiger partial charge in [-0.1, -0.05) is 24.6 Å². The van der Waals surface area contributed by atoms with Crippen LogP contribution in [0.3, 0.4) is 0 Å². The van der Waals surface area contributed by atoms with Gasteiger partial charge in [0.2, 0.25) is 0 Å². The Kier molecular flexibility index (Phi) is 5.06. The van der Waals surface area contributed by atoms with E-state index < -0.39 is 12.1 Å². The Hall–Kier alpha value is -1.62. The molecule has 1 fully saturated rings. The minimum absolute atomic E-state index is 0.0708. The summed E-state index contributed by atoms with van der Waals surface area (Å²) >= 11 is 0. The summed E-state index contributed by atoms with van der Waals surface area (Å²) in [5.74, 6) is -1.08. The van der Waals surface area contributed by atoms with E-state index in [1.165, 1.54) is 6.92 Å². The zero-order valence-electron chi connectivity index (χ0n) is 13.4. The van der Waals surface area contributed by atoms with Crippen LogP contribution in [0.2, 0.25) is 0 Å². The highest BCUT2D eigenvalue weighted by Gasteiger charge is 2.46. The first kappa shape index (κ1) is 16.7. The number of aliphatic hydroxyl groups is 1. The van der Waals surface area contributed by atoms with Gasteiger partial charge in [0.15, 0.2) is 0 Å². The van der Waals surface area contributed by atoms with Gasteiger partial charge in [-0.25, -0.2) is 4.79 Å². The fraction of sp³-hybridized carbons (Fsp3) is 0.647.